The fraction of sp³-hybridized carbons (Fsp3) is 0.417. The summed E-state index contributed by atoms with van der Waals surface area (Å²) in [5, 5.41) is 12.4. The molecule has 4 nitrogen and oxygen atoms in total. The van der Waals surface area contributed by atoms with Crippen LogP contribution in [0.5, 0.6) is 5.75 Å². The van der Waals surface area contributed by atoms with Crippen LogP contribution in [0, 0.1) is 0 Å². The van der Waals surface area contributed by atoms with Crippen LogP contribution in [0.4, 0.5) is 5.69 Å². The van der Waals surface area contributed by atoms with Gasteiger partial charge in [0.15, 0.2) is 0 Å². The van der Waals surface area contributed by atoms with Crippen LogP contribution in [0.3, 0.4) is 0 Å². The van der Waals surface area contributed by atoms with Gasteiger partial charge in [0.25, 0.3) is 0 Å². The number of hydrogen-bond acceptors (Lipinski definition) is 4. The Morgan fingerprint density at radius 2 is 2.29 bits per heavy atom. The first kappa shape index (κ1) is 13.6. The van der Waals surface area contributed by atoms with E-state index in [0.717, 1.165) is 12.8 Å². The Balaban J connectivity index is 2.89. The van der Waals surface area contributed by atoms with Crippen LogP contribution in [-0.2, 0) is 0 Å². The van der Waals surface area contributed by atoms with Crippen molar-refractivity contribution in [3.63, 3.8) is 0 Å². The van der Waals surface area contributed by atoms with E-state index in [4.69, 9.17) is 27.3 Å². The van der Waals surface area contributed by atoms with E-state index in [1.807, 2.05) is 6.92 Å². The number of ether oxygens (including phenoxy) is 1. The third-order valence-electron chi connectivity index (χ3n) is 2.40. The molecule has 0 aliphatic heterocycles. The molecule has 1 rings (SSSR count). The number of halogens is 1. The molecular formula is C12H17ClN2O2. The van der Waals surface area contributed by atoms with E-state index in [9.17, 15) is 0 Å². The van der Waals surface area contributed by atoms with Crippen LogP contribution >= 0.6 is 11.6 Å². The summed E-state index contributed by atoms with van der Waals surface area (Å²) < 4.78 is 5.72. The molecule has 0 heterocycles. The van der Waals surface area contributed by atoms with Gasteiger partial charge in [-0.25, -0.2) is 0 Å². The van der Waals surface area contributed by atoms with Crippen LogP contribution in [0.25, 0.3) is 0 Å². The van der Waals surface area contributed by atoms with Crippen LogP contribution in [0.1, 0.15) is 26.7 Å². The SMILES string of the molecule is CCCC(Oc1cc(N)ccc1Cl)/C(C)=N\O. The average Bonchev–Trinajstić information content (AvgIpc) is 2.32. The monoisotopic (exact) mass is 256 g/mol. The van der Waals surface area contributed by atoms with Crippen LogP contribution in [-0.4, -0.2) is 17.0 Å². The zero-order valence-electron chi connectivity index (χ0n) is 9.98. The molecule has 0 aliphatic carbocycles. The van der Waals surface area contributed by atoms with Crippen molar-refractivity contribution in [1.29, 1.82) is 0 Å². The molecule has 0 saturated carbocycles. The summed E-state index contributed by atoms with van der Waals surface area (Å²) >= 11 is 6.01. The highest BCUT2D eigenvalue weighted by atomic mass is 35.5. The summed E-state index contributed by atoms with van der Waals surface area (Å²) in [5.74, 6) is 0.508. The van der Waals surface area contributed by atoms with Gasteiger partial charge in [-0.2, -0.15) is 0 Å². The van der Waals surface area contributed by atoms with Gasteiger partial charge in [0.2, 0.25) is 0 Å². The number of rotatable bonds is 5. The quantitative estimate of drug-likeness (QED) is 0.368. The number of anilines is 1. The van der Waals surface area contributed by atoms with Gasteiger partial charge in [-0.15, -0.1) is 0 Å². The Morgan fingerprint density at radius 1 is 1.59 bits per heavy atom. The minimum absolute atomic E-state index is 0.288. The second-order valence-electron chi connectivity index (χ2n) is 3.83. The molecule has 0 aliphatic rings. The van der Waals surface area contributed by atoms with Crippen molar-refractivity contribution in [3.05, 3.63) is 23.2 Å². The number of hydrogen-bond donors (Lipinski definition) is 2. The van der Waals surface area contributed by atoms with Gasteiger partial charge in [-0.1, -0.05) is 30.1 Å². The Hall–Kier alpha value is -1.42. The molecule has 17 heavy (non-hydrogen) atoms. The first-order valence-electron chi connectivity index (χ1n) is 5.48. The summed E-state index contributed by atoms with van der Waals surface area (Å²) in [6.45, 7) is 3.74. The third-order valence-corrected chi connectivity index (χ3v) is 2.71. The number of nitrogen functional groups attached to an aromatic ring is 1. The maximum Gasteiger partial charge on any atom is 0.140 e. The van der Waals surface area contributed by atoms with Gasteiger partial charge in [-0.05, 0) is 25.5 Å². The maximum atomic E-state index is 8.78. The zero-order valence-corrected chi connectivity index (χ0v) is 10.7. The summed E-state index contributed by atoms with van der Waals surface area (Å²) in [5.41, 5.74) is 6.77. The van der Waals surface area contributed by atoms with Crippen LogP contribution < -0.4 is 10.5 Å². The summed E-state index contributed by atoms with van der Waals surface area (Å²) in [6, 6.07) is 5.05. The molecule has 0 amide bonds. The van der Waals surface area contributed by atoms with Crippen LogP contribution in [0.15, 0.2) is 23.4 Å². The predicted molar refractivity (Wildman–Crippen MR) is 70.1 cm³/mol. The van der Waals surface area contributed by atoms with Crippen molar-refractivity contribution in [2.75, 3.05) is 5.73 Å². The van der Waals surface area contributed by atoms with Gasteiger partial charge in [0.05, 0.1) is 10.7 Å². The van der Waals surface area contributed by atoms with Crippen molar-refractivity contribution in [3.8, 4) is 5.75 Å². The largest absolute Gasteiger partial charge is 0.483 e. The van der Waals surface area contributed by atoms with Gasteiger partial charge in [0.1, 0.15) is 11.9 Å². The zero-order chi connectivity index (χ0) is 12.8. The molecule has 0 aromatic heterocycles. The van der Waals surface area contributed by atoms with Crippen molar-refractivity contribution in [1.82, 2.24) is 0 Å². The lowest BCUT2D eigenvalue weighted by atomic mass is 10.1. The number of nitrogens with two attached hydrogens (primary N) is 1. The van der Waals surface area contributed by atoms with Gasteiger partial charge in [-0.3, -0.25) is 0 Å². The smallest absolute Gasteiger partial charge is 0.140 e. The fourth-order valence-corrected chi connectivity index (χ4v) is 1.61. The second kappa shape index (κ2) is 6.35. The molecule has 5 heteroatoms. The summed E-state index contributed by atoms with van der Waals surface area (Å²) in [7, 11) is 0. The standard InChI is InChI=1S/C12H17ClN2O2/c1-3-4-11(8(2)15-16)17-12-7-9(14)5-6-10(12)13/h5-7,11,16H,3-4,14H2,1-2H3/b15-8-. The second-order valence-corrected chi connectivity index (χ2v) is 4.23. The molecule has 1 aromatic rings. The highest BCUT2D eigenvalue weighted by Gasteiger charge is 2.15. The van der Waals surface area contributed by atoms with Crippen molar-refractivity contribution < 1.29 is 9.94 Å². The first-order chi connectivity index (χ1) is 8.08. The van der Waals surface area contributed by atoms with Crippen molar-refractivity contribution in [2.45, 2.75) is 32.8 Å². The molecule has 0 spiro atoms. The Bertz CT molecular complexity index is 407. The fourth-order valence-electron chi connectivity index (χ4n) is 1.44. The van der Waals surface area contributed by atoms with E-state index in [1.165, 1.54) is 0 Å². The molecule has 1 atom stereocenters. The first-order valence-corrected chi connectivity index (χ1v) is 5.86. The minimum Gasteiger partial charge on any atom is -0.483 e. The number of nitrogens with zero attached hydrogens (tertiary/aromatic N) is 1. The van der Waals surface area contributed by atoms with E-state index in [-0.39, 0.29) is 6.10 Å². The van der Waals surface area contributed by atoms with E-state index in [0.29, 0.717) is 22.2 Å². The maximum absolute atomic E-state index is 8.78. The molecule has 0 saturated heterocycles. The lowest BCUT2D eigenvalue weighted by Gasteiger charge is -2.18. The minimum atomic E-state index is -0.288. The molecule has 0 radical (unpaired) electrons. The lowest BCUT2D eigenvalue weighted by molar-refractivity contribution is 0.241. The highest BCUT2D eigenvalue weighted by molar-refractivity contribution is 6.32. The Kier molecular flexibility index (Phi) is 5.10. The molecule has 0 bridgehead atoms. The Morgan fingerprint density at radius 3 is 2.88 bits per heavy atom. The molecule has 0 fully saturated rings. The van der Waals surface area contributed by atoms with Crippen molar-refractivity contribution in [2.24, 2.45) is 5.16 Å². The average molecular weight is 257 g/mol. The molecule has 3 N–H and O–H groups in total. The lowest BCUT2D eigenvalue weighted by Crippen LogP contribution is -2.25. The molecule has 1 aromatic carbocycles. The van der Waals surface area contributed by atoms with Gasteiger partial charge in [0, 0.05) is 11.8 Å². The highest BCUT2D eigenvalue weighted by Crippen LogP contribution is 2.28. The summed E-state index contributed by atoms with van der Waals surface area (Å²) in [4.78, 5) is 0. The third kappa shape index (κ3) is 3.82. The topological polar surface area (TPSA) is 67.8 Å². The molecular weight excluding hydrogens is 240 g/mol. The number of benzene rings is 1. The summed E-state index contributed by atoms with van der Waals surface area (Å²) in [6.07, 6.45) is 1.38. The van der Waals surface area contributed by atoms with Gasteiger partial charge < -0.3 is 15.7 Å². The molecule has 1 unspecified atom stereocenters. The van der Waals surface area contributed by atoms with E-state index in [1.54, 1.807) is 25.1 Å². The van der Waals surface area contributed by atoms with E-state index >= 15 is 0 Å². The molecule has 94 valence electrons. The van der Waals surface area contributed by atoms with Crippen molar-refractivity contribution >= 4 is 23.0 Å². The van der Waals surface area contributed by atoms with Crippen LogP contribution in [0.2, 0.25) is 5.02 Å². The Labute approximate surface area is 106 Å². The predicted octanol–water partition coefficient (Wildman–Crippen LogP) is 3.32. The number of oxime groups is 1. The normalized spacial score (nSPS) is 13.5. The van der Waals surface area contributed by atoms with E-state index < -0.39 is 0 Å². The van der Waals surface area contributed by atoms with Gasteiger partial charge >= 0.3 is 0 Å². The van der Waals surface area contributed by atoms with E-state index in [2.05, 4.69) is 5.16 Å².